The number of aromatic nitrogens is 1. The molecule has 0 bridgehead atoms. The second-order valence-electron chi connectivity index (χ2n) is 6.28. The number of carbonyl (C=O) groups is 3. The molecule has 2 aromatic rings. The quantitative estimate of drug-likeness (QED) is 0.451. The van der Waals surface area contributed by atoms with Crippen molar-refractivity contribution < 1.29 is 33.3 Å². The van der Waals surface area contributed by atoms with E-state index in [0.29, 0.717) is 16.9 Å². The Morgan fingerprint density at radius 2 is 1.71 bits per heavy atom. The summed E-state index contributed by atoms with van der Waals surface area (Å²) in [6, 6.07) is 9.51. The van der Waals surface area contributed by atoms with Gasteiger partial charge in [-0.1, -0.05) is 12.1 Å². The third kappa shape index (κ3) is 4.35. The number of methoxy groups -OCH3 is 1. The van der Waals surface area contributed by atoms with Crippen LogP contribution in [0.25, 0.3) is 6.08 Å². The van der Waals surface area contributed by atoms with E-state index in [1.165, 1.54) is 45.4 Å². The molecule has 1 aromatic carbocycles. The van der Waals surface area contributed by atoms with Crippen LogP contribution in [0.2, 0.25) is 0 Å². The number of cyclic esters (lactones) is 2. The van der Waals surface area contributed by atoms with Crippen molar-refractivity contribution in [2.24, 2.45) is 0 Å². The molecule has 0 unspecified atom stereocenters. The van der Waals surface area contributed by atoms with Crippen LogP contribution in [0.1, 0.15) is 29.8 Å². The molecule has 1 aliphatic rings. The number of pyridine rings is 1. The summed E-state index contributed by atoms with van der Waals surface area (Å²) < 4.78 is 20.4. The molecule has 0 spiro atoms. The zero-order valence-corrected chi connectivity index (χ0v) is 15.4. The van der Waals surface area contributed by atoms with Crippen LogP contribution in [0.4, 0.5) is 0 Å². The third-order valence-corrected chi connectivity index (χ3v) is 3.69. The van der Waals surface area contributed by atoms with Crippen LogP contribution in [0.15, 0.2) is 48.2 Å². The molecule has 1 aliphatic heterocycles. The van der Waals surface area contributed by atoms with Crippen LogP contribution in [0, 0.1) is 0 Å². The van der Waals surface area contributed by atoms with Gasteiger partial charge in [0.25, 0.3) is 5.79 Å². The second-order valence-corrected chi connectivity index (χ2v) is 6.28. The van der Waals surface area contributed by atoms with Gasteiger partial charge in [-0.2, -0.15) is 0 Å². The maximum absolute atomic E-state index is 12.0. The van der Waals surface area contributed by atoms with Gasteiger partial charge in [0, 0.05) is 26.1 Å². The predicted octanol–water partition coefficient (Wildman–Crippen LogP) is 2.88. The van der Waals surface area contributed by atoms with E-state index < -0.39 is 23.7 Å². The summed E-state index contributed by atoms with van der Waals surface area (Å²) in [6.45, 7) is 2.96. The summed E-state index contributed by atoms with van der Waals surface area (Å²) in [5, 5.41) is 0. The molecule has 2 heterocycles. The number of ether oxygens (including phenoxy) is 4. The molecule has 0 aliphatic carbocycles. The van der Waals surface area contributed by atoms with Gasteiger partial charge in [0.2, 0.25) is 5.88 Å². The lowest BCUT2D eigenvalue weighted by Gasteiger charge is -2.29. The van der Waals surface area contributed by atoms with Crippen molar-refractivity contribution in [3.05, 3.63) is 59.3 Å². The summed E-state index contributed by atoms with van der Waals surface area (Å²) in [4.78, 5) is 39.6. The first-order valence-corrected chi connectivity index (χ1v) is 8.28. The molecular formula is C20H17NO7. The lowest BCUT2D eigenvalue weighted by Crippen LogP contribution is -2.41. The molecule has 8 heteroatoms. The lowest BCUT2D eigenvalue weighted by molar-refractivity contribution is -0.222. The maximum Gasteiger partial charge on any atom is 0.348 e. The minimum absolute atomic E-state index is 0.194. The minimum Gasteiger partial charge on any atom is -0.465 e. The van der Waals surface area contributed by atoms with Gasteiger partial charge in [0.15, 0.2) is 0 Å². The van der Waals surface area contributed by atoms with E-state index >= 15 is 0 Å². The third-order valence-electron chi connectivity index (χ3n) is 3.69. The highest BCUT2D eigenvalue weighted by Crippen LogP contribution is 2.25. The van der Waals surface area contributed by atoms with Gasteiger partial charge in [0.1, 0.15) is 11.3 Å². The summed E-state index contributed by atoms with van der Waals surface area (Å²) in [6.07, 6.45) is 2.81. The molecule has 0 N–H and O–H groups in total. The van der Waals surface area contributed by atoms with Crippen molar-refractivity contribution in [1.82, 2.24) is 4.98 Å². The van der Waals surface area contributed by atoms with Crippen molar-refractivity contribution in [2.45, 2.75) is 19.6 Å². The van der Waals surface area contributed by atoms with Crippen LogP contribution >= 0.6 is 0 Å². The molecule has 28 heavy (non-hydrogen) atoms. The van der Waals surface area contributed by atoms with E-state index in [4.69, 9.17) is 14.2 Å². The number of hydrogen-bond acceptors (Lipinski definition) is 8. The van der Waals surface area contributed by atoms with Gasteiger partial charge in [-0.25, -0.2) is 19.4 Å². The normalized spacial score (nSPS) is 15.3. The van der Waals surface area contributed by atoms with Gasteiger partial charge in [-0.15, -0.1) is 0 Å². The van der Waals surface area contributed by atoms with Crippen molar-refractivity contribution in [3.63, 3.8) is 0 Å². The van der Waals surface area contributed by atoms with Crippen LogP contribution in [0.3, 0.4) is 0 Å². The van der Waals surface area contributed by atoms with Crippen LogP contribution in [-0.2, 0) is 23.8 Å². The highest BCUT2D eigenvalue weighted by Gasteiger charge is 2.38. The molecule has 0 radical (unpaired) electrons. The van der Waals surface area contributed by atoms with Crippen LogP contribution in [-0.4, -0.2) is 35.8 Å². The first-order chi connectivity index (χ1) is 13.3. The van der Waals surface area contributed by atoms with Gasteiger partial charge >= 0.3 is 17.9 Å². The number of esters is 3. The number of hydrogen-bond donors (Lipinski definition) is 0. The summed E-state index contributed by atoms with van der Waals surface area (Å²) in [5.41, 5.74) is 0.693. The Morgan fingerprint density at radius 1 is 1.07 bits per heavy atom. The molecule has 1 fully saturated rings. The zero-order valence-electron chi connectivity index (χ0n) is 15.4. The highest BCUT2D eigenvalue weighted by molar-refractivity contribution is 6.18. The molecule has 0 amide bonds. The molecule has 1 aromatic heterocycles. The average Bonchev–Trinajstić information content (AvgIpc) is 2.65. The van der Waals surface area contributed by atoms with Gasteiger partial charge < -0.3 is 18.9 Å². The van der Waals surface area contributed by atoms with Crippen LogP contribution < -0.4 is 4.74 Å². The van der Waals surface area contributed by atoms with Crippen molar-refractivity contribution in [2.75, 3.05) is 7.11 Å². The lowest BCUT2D eigenvalue weighted by atomic mass is 10.1. The fourth-order valence-corrected chi connectivity index (χ4v) is 2.41. The van der Waals surface area contributed by atoms with Gasteiger partial charge in [-0.3, -0.25) is 0 Å². The second kappa shape index (κ2) is 7.51. The number of nitrogens with zero attached hydrogens (tertiary/aromatic N) is 1. The minimum atomic E-state index is -1.28. The Bertz CT molecular complexity index is 939. The fourth-order valence-electron chi connectivity index (χ4n) is 2.41. The van der Waals surface area contributed by atoms with E-state index in [1.54, 1.807) is 24.3 Å². The largest absolute Gasteiger partial charge is 0.465 e. The van der Waals surface area contributed by atoms with Crippen molar-refractivity contribution >= 4 is 24.0 Å². The van der Waals surface area contributed by atoms with E-state index in [1.807, 2.05) is 0 Å². The Morgan fingerprint density at radius 3 is 2.32 bits per heavy atom. The van der Waals surface area contributed by atoms with E-state index in [2.05, 4.69) is 9.72 Å². The predicted molar refractivity (Wildman–Crippen MR) is 96.3 cm³/mol. The van der Waals surface area contributed by atoms with Gasteiger partial charge in [0.05, 0.1) is 12.7 Å². The molecular weight excluding hydrogens is 366 g/mol. The molecule has 144 valence electrons. The van der Waals surface area contributed by atoms with Crippen molar-refractivity contribution in [1.29, 1.82) is 0 Å². The molecule has 0 atom stereocenters. The van der Waals surface area contributed by atoms with Crippen molar-refractivity contribution in [3.8, 4) is 11.6 Å². The maximum atomic E-state index is 12.0. The fraction of sp³-hybridized carbons (Fsp3) is 0.200. The SMILES string of the molecule is COC(=O)c1ccnc(Oc2ccc(C=C3C(=O)OC(C)(C)OC3=O)cc2)c1. The first-order valence-electron chi connectivity index (χ1n) is 8.28. The van der Waals surface area contributed by atoms with E-state index in [9.17, 15) is 14.4 Å². The Hall–Kier alpha value is -3.68. The van der Waals surface area contributed by atoms with E-state index in [-0.39, 0.29) is 11.5 Å². The number of carbonyl (C=O) groups excluding carboxylic acids is 3. The number of benzene rings is 1. The van der Waals surface area contributed by atoms with Crippen LogP contribution in [0.5, 0.6) is 11.6 Å². The Kier molecular flexibility index (Phi) is 5.12. The Balaban J connectivity index is 1.75. The molecule has 1 saturated heterocycles. The summed E-state index contributed by atoms with van der Waals surface area (Å²) in [7, 11) is 1.29. The average molecular weight is 383 g/mol. The smallest absolute Gasteiger partial charge is 0.348 e. The number of rotatable bonds is 4. The molecule has 0 saturated carbocycles. The van der Waals surface area contributed by atoms with Gasteiger partial charge in [-0.05, 0) is 29.8 Å². The summed E-state index contributed by atoms with van der Waals surface area (Å²) in [5.74, 6) is -2.60. The molecule has 3 rings (SSSR count). The topological polar surface area (TPSA) is 101 Å². The monoisotopic (exact) mass is 383 g/mol. The molecule has 8 nitrogen and oxygen atoms in total. The first kappa shape index (κ1) is 19.1. The Labute approximate surface area is 160 Å². The zero-order chi connectivity index (χ0) is 20.3. The highest BCUT2D eigenvalue weighted by atomic mass is 16.7. The summed E-state index contributed by atoms with van der Waals surface area (Å²) >= 11 is 0. The standard InChI is InChI=1S/C20H17NO7/c1-20(2)27-18(23)15(19(24)28-20)10-12-4-6-14(7-5-12)26-16-11-13(8-9-21-16)17(22)25-3/h4-11H,1-3H3. The van der Waals surface area contributed by atoms with E-state index in [0.717, 1.165) is 0 Å².